The molecule has 0 spiro atoms. The third kappa shape index (κ3) is 9.86. The Labute approximate surface area is 302 Å². The first kappa shape index (κ1) is 41.3. The normalized spacial score (nSPS) is 38.5. The molecule has 1 unspecified atom stereocenters. The van der Waals surface area contributed by atoms with Crippen LogP contribution in [0.1, 0.15) is 57.4 Å². The van der Waals surface area contributed by atoms with E-state index < -0.39 is 108 Å². The van der Waals surface area contributed by atoms with Crippen molar-refractivity contribution in [3.8, 4) is 0 Å². The van der Waals surface area contributed by atoms with E-state index in [4.69, 9.17) is 28.4 Å². The van der Waals surface area contributed by atoms with E-state index in [1.54, 1.807) is 12.1 Å². The van der Waals surface area contributed by atoms with Gasteiger partial charge >= 0.3 is 5.97 Å². The lowest BCUT2D eigenvalue weighted by Crippen LogP contribution is -2.64. The highest BCUT2D eigenvalue weighted by molar-refractivity contribution is 7.89. The van der Waals surface area contributed by atoms with E-state index in [0.717, 1.165) is 37.7 Å². The van der Waals surface area contributed by atoms with Gasteiger partial charge in [-0.2, -0.15) is 0 Å². The van der Waals surface area contributed by atoms with Crippen LogP contribution in [0.15, 0.2) is 29.2 Å². The summed E-state index contributed by atoms with van der Waals surface area (Å²) in [6.45, 7) is 2.19. The Morgan fingerprint density at radius 2 is 1.54 bits per heavy atom. The van der Waals surface area contributed by atoms with Crippen molar-refractivity contribution in [2.75, 3.05) is 19.8 Å². The van der Waals surface area contributed by atoms with Gasteiger partial charge in [0.25, 0.3) is 0 Å². The summed E-state index contributed by atoms with van der Waals surface area (Å²) in [6.07, 6.45) is -15.2. The zero-order chi connectivity index (χ0) is 37.7. The van der Waals surface area contributed by atoms with Crippen LogP contribution in [0.2, 0.25) is 0 Å². The lowest BCUT2D eigenvalue weighted by Gasteiger charge is -2.47. The van der Waals surface area contributed by atoms with E-state index in [1.165, 1.54) is 19.1 Å². The summed E-state index contributed by atoms with van der Waals surface area (Å²) >= 11 is 0. The summed E-state index contributed by atoms with van der Waals surface area (Å²) in [5.41, 5.74) is 0.856. The molecule has 4 aliphatic rings. The second-order valence-corrected chi connectivity index (χ2v) is 16.0. The Balaban J connectivity index is 1.36. The van der Waals surface area contributed by atoms with Crippen LogP contribution >= 0.6 is 0 Å². The van der Waals surface area contributed by atoms with Crippen LogP contribution in [0.25, 0.3) is 0 Å². The Kier molecular flexibility index (Phi) is 14.4. The highest BCUT2D eigenvalue weighted by Crippen LogP contribution is 2.34. The molecule has 8 N–H and O–H groups in total. The number of ether oxygens (including phenoxy) is 6. The summed E-state index contributed by atoms with van der Waals surface area (Å²) in [6, 6.07) is 6.16. The van der Waals surface area contributed by atoms with E-state index in [2.05, 4.69) is 4.72 Å². The van der Waals surface area contributed by atoms with Gasteiger partial charge in [0.05, 0.1) is 29.8 Å². The molecule has 1 aromatic carbocycles. The number of carbonyl (C=O) groups is 1. The quantitative estimate of drug-likeness (QED) is 0.112. The predicted octanol–water partition coefficient (Wildman–Crippen LogP) is -1.09. The van der Waals surface area contributed by atoms with E-state index >= 15 is 0 Å². The van der Waals surface area contributed by atoms with Crippen LogP contribution in [-0.2, 0) is 43.2 Å². The van der Waals surface area contributed by atoms with Crippen molar-refractivity contribution in [3.63, 3.8) is 0 Å². The van der Waals surface area contributed by atoms with Gasteiger partial charge in [0.15, 0.2) is 18.7 Å². The second kappa shape index (κ2) is 18.2. The fraction of sp³-hybridized carbons (Fsp3) is 0.794. The van der Waals surface area contributed by atoms with E-state index in [-0.39, 0.29) is 36.8 Å². The van der Waals surface area contributed by atoms with Gasteiger partial charge in [-0.1, -0.05) is 49.8 Å². The third-order valence-electron chi connectivity index (χ3n) is 10.4. The highest BCUT2D eigenvalue weighted by atomic mass is 32.2. The molecule has 3 saturated heterocycles. The number of carboxylic acid groups (broad SMARTS) is 1. The average Bonchev–Trinajstić information content (AvgIpc) is 3.12. The number of aliphatic carboxylic acids is 1. The summed E-state index contributed by atoms with van der Waals surface area (Å²) < 4.78 is 64.4. The van der Waals surface area contributed by atoms with Crippen LogP contribution < -0.4 is 4.72 Å². The number of hydrogen-bond donors (Lipinski definition) is 8. The number of aliphatic hydroxyl groups is 6. The summed E-state index contributed by atoms with van der Waals surface area (Å²) in [7, 11) is -4.04. The van der Waals surface area contributed by atoms with Gasteiger partial charge in [0.1, 0.15) is 48.8 Å². The van der Waals surface area contributed by atoms with Gasteiger partial charge in [-0.25, -0.2) is 17.9 Å². The topological polar surface area (TPSA) is 260 Å². The van der Waals surface area contributed by atoms with Crippen molar-refractivity contribution in [2.45, 2.75) is 150 Å². The number of nitrogens with one attached hydrogen (secondary N) is 1. The maximum Gasteiger partial charge on any atom is 0.332 e. The molecule has 5 rings (SSSR count). The van der Waals surface area contributed by atoms with Gasteiger partial charge in [-0.3, -0.25) is 0 Å². The SMILES string of the molecule is Cc1ccc(S(=O)(=O)NCC2OCC[C@H](O[C@H]3O[C@@H](CO)[C@@H](O)[C@H](O[C@@H](CC4CCCCC4)C(=O)O)[C@H]3O)[C@H]2O[C@H]2O[C@H](C)[C@H](O)[C@@H](O)[C@@H]2O)cc1. The van der Waals surface area contributed by atoms with Crippen LogP contribution in [-0.4, -0.2) is 156 Å². The Hall–Kier alpha value is -1.88. The van der Waals surface area contributed by atoms with Crippen molar-refractivity contribution in [2.24, 2.45) is 5.92 Å². The maximum absolute atomic E-state index is 13.2. The highest BCUT2D eigenvalue weighted by Gasteiger charge is 2.51. The van der Waals surface area contributed by atoms with Crippen molar-refractivity contribution in [3.05, 3.63) is 29.8 Å². The molecule has 14 atom stereocenters. The van der Waals surface area contributed by atoms with Crippen LogP contribution in [0, 0.1) is 12.8 Å². The van der Waals surface area contributed by atoms with E-state index in [0.29, 0.717) is 0 Å². The summed E-state index contributed by atoms with van der Waals surface area (Å²) in [4.78, 5) is 12.3. The molecule has 0 radical (unpaired) electrons. The molecule has 0 aromatic heterocycles. The molecule has 0 amide bonds. The van der Waals surface area contributed by atoms with E-state index in [9.17, 15) is 49.0 Å². The molecule has 1 aliphatic carbocycles. The zero-order valence-electron chi connectivity index (χ0n) is 29.3. The molecule has 18 heteroatoms. The van der Waals surface area contributed by atoms with Crippen molar-refractivity contribution in [1.29, 1.82) is 0 Å². The van der Waals surface area contributed by atoms with Crippen LogP contribution in [0.5, 0.6) is 0 Å². The minimum absolute atomic E-state index is 0.00215. The van der Waals surface area contributed by atoms with Crippen molar-refractivity contribution >= 4 is 16.0 Å². The standard InChI is InChI=1S/C34H53NO16S/c1-17-8-10-20(11-9-17)52(44,45)35-15-23-30(51-33-28(40)27(39)25(37)18(2)47-33)21(12-13-46-23)49-34-29(41)31(26(38)24(16-36)50-34)48-22(32(42)43)14-19-6-4-3-5-7-19/h8-11,18-19,21-31,33-41H,3-7,12-16H2,1-2H3,(H,42,43)/t18-,21+,22+,23?,24+,25+,26-,27-,28+,29-,30-,31+,33-,34+/m1/s1. The lowest BCUT2D eigenvalue weighted by molar-refractivity contribution is -0.355. The van der Waals surface area contributed by atoms with Gasteiger partial charge in [-0.05, 0) is 44.7 Å². The minimum atomic E-state index is -4.04. The molecule has 3 aliphatic heterocycles. The average molecular weight is 764 g/mol. The first-order chi connectivity index (χ1) is 24.7. The van der Waals surface area contributed by atoms with E-state index in [1.807, 2.05) is 6.92 Å². The molecule has 1 saturated carbocycles. The summed E-state index contributed by atoms with van der Waals surface area (Å²) in [5.74, 6) is -1.18. The fourth-order valence-electron chi connectivity index (χ4n) is 7.23. The smallest absolute Gasteiger partial charge is 0.332 e. The minimum Gasteiger partial charge on any atom is -0.479 e. The second-order valence-electron chi connectivity index (χ2n) is 14.2. The van der Waals surface area contributed by atoms with Gasteiger partial charge in [0, 0.05) is 13.2 Å². The Bertz CT molecular complexity index is 1400. The van der Waals surface area contributed by atoms with Crippen LogP contribution in [0.3, 0.4) is 0 Å². The number of aliphatic hydroxyl groups excluding tert-OH is 6. The van der Waals surface area contributed by atoms with Gasteiger partial charge < -0.3 is 64.2 Å². The molecule has 4 fully saturated rings. The number of aryl methyl sites for hydroxylation is 1. The first-order valence-corrected chi connectivity index (χ1v) is 19.4. The maximum atomic E-state index is 13.2. The monoisotopic (exact) mass is 763 g/mol. The third-order valence-corrected chi connectivity index (χ3v) is 11.8. The number of sulfonamides is 1. The lowest BCUT2D eigenvalue weighted by atomic mass is 9.85. The Morgan fingerprint density at radius 1 is 0.865 bits per heavy atom. The molecular formula is C34H53NO16S. The van der Waals surface area contributed by atoms with Gasteiger partial charge in [-0.15, -0.1) is 0 Å². The molecular weight excluding hydrogens is 710 g/mol. The molecule has 296 valence electrons. The number of hydrogen-bond acceptors (Lipinski definition) is 15. The summed E-state index contributed by atoms with van der Waals surface area (Å²) in [5, 5.41) is 74.0. The molecule has 52 heavy (non-hydrogen) atoms. The zero-order valence-corrected chi connectivity index (χ0v) is 30.1. The fourth-order valence-corrected chi connectivity index (χ4v) is 8.28. The van der Waals surface area contributed by atoms with Gasteiger partial charge in [0.2, 0.25) is 10.0 Å². The number of rotatable bonds is 14. The first-order valence-electron chi connectivity index (χ1n) is 17.9. The largest absolute Gasteiger partial charge is 0.479 e. The molecule has 0 bridgehead atoms. The number of carboxylic acids is 1. The number of benzene rings is 1. The van der Waals surface area contributed by atoms with Crippen LogP contribution in [0.4, 0.5) is 0 Å². The van der Waals surface area contributed by atoms with Crippen molar-refractivity contribution in [1.82, 2.24) is 4.72 Å². The molecule has 3 heterocycles. The Morgan fingerprint density at radius 3 is 2.19 bits per heavy atom. The van der Waals surface area contributed by atoms with Crippen molar-refractivity contribution < 1.29 is 77.4 Å². The molecule has 17 nitrogen and oxygen atoms in total. The molecule has 1 aromatic rings. The predicted molar refractivity (Wildman–Crippen MR) is 178 cm³/mol.